The Morgan fingerprint density at radius 1 is 0.958 bits per heavy atom. The lowest BCUT2D eigenvalue weighted by Crippen LogP contribution is -1.99. The van der Waals surface area contributed by atoms with Crippen LogP contribution in [0.3, 0.4) is 0 Å². The van der Waals surface area contributed by atoms with Gasteiger partial charge in [-0.2, -0.15) is 5.10 Å². The molecule has 0 atom stereocenters. The fourth-order valence-electron chi connectivity index (χ4n) is 2.71. The third-order valence-electron chi connectivity index (χ3n) is 4.00. The predicted octanol–water partition coefficient (Wildman–Crippen LogP) is 3.82. The van der Waals surface area contributed by atoms with Crippen molar-refractivity contribution < 1.29 is 0 Å². The molecule has 4 aromatic rings. The van der Waals surface area contributed by atoms with Gasteiger partial charge in [0.05, 0.1) is 11.2 Å². The third kappa shape index (κ3) is 2.79. The van der Waals surface area contributed by atoms with Crippen LogP contribution in [0.1, 0.15) is 5.56 Å². The van der Waals surface area contributed by atoms with Crippen molar-refractivity contribution in [2.75, 3.05) is 11.1 Å². The van der Waals surface area contributed by atoms with E-state index in [9.17, 15) is 0 Å². The minimum Gasteiger partial charge on any atom is -0.382 e. The lowest BCUT2D eigenvalue weighted by Gasteiger charge is -2.08. The van der Waals surface area contributed by atoms with Crippen LogP contribution in [-0.2, 0) is 6.54 Å². The van der Waals surface area contributed by atoms with Crippen LogP contribution in [-0.4, -0.2) is 15.2 Å². The van der Waals surface area contributed by atoms with Crippen LogP contribution in [0.25, 0.3) is 22.0 Å². The van der Waals surface area contributed by atoms with Crippen molar-refractivity contribution in [3.8, 4) is 11.1 Å². The van der Waals surface area contributed by atoms with E-state index in [1.165, 1.54) is 5.56 Å². The molecule has 24 heavy (non-hydrogen) atoms. The Hall–Kier alpha value is -3.34. The smallest absolute Gasteiger partial charge is 0.153 e. The Bertz CT molecular complexity index is 975. The number of H-pyrrole nitrogens is 1. The molecule has 2 aromatic heterocycles. The highest BCUT2D eigenvalue weighted by Gasteiger charge is 2.06. The largest absolute Gasteiger partial charge is 0.382 e. The molecule has 5 heteroatoms. The lowest BCUT2D eigenvalue weighted by atomic mass is 10.1. The molecule has 118 valence electrons. The van der Waals surface area contributed by atoms with Crippen LogP contribution in [0.5, 0.6) is 0 Å². The minimum absolute atomic E-state index is 0.512. The van der Waals surface area contributed by atoms with E-state index >= 15 is 0 Å². The Morgan fingerprint density at radius 2 is 1.83 bits per heavy atom. The van der Waals surface area contributed by atoms with E-state index in [1.807, 2.05) is 48.8 Å². The molecule has 5 nitrogen and oxygen atoms in total. The van der Waals surface area contributed by atoms with E-state index in [0.29, 0.717) is 5.82 Å². The highest BCUT2D eigenvalue weighted by Crippen LogP contribution is 2.27. The SMILES string of the molecule is Nc1n[nH]c2ccc(-c3cncc(NCc4ccccc4)c3)cc12. The number of nitrogen functional groups attached to an aromatic ring is 1. The van der Waals surface area contributed by atoms with Gasteiger partial charge in [0.25, 0.3) is 0 Å². The number of aromatic amines is 1. The Morgan fingerprint density at radius 3 is 2.71 bits per heavy atom. The second kappa shape index (κ2) is 6.04. The summed E-state index contributed by atoms with van der Waals surface area (Å²) in [5.74, 6) is 0.512. The summed E-state index contributed by atoms with van der Waals surface area (Å²) in [6, 6.07) is 18.4. The van der Waals surface area contributed by atoms with E-state index in [2.05, 4.69) is 38.7 Å². The molecule has 0 bridgehead atoms. The molecule has 0 amide bonds. The molecule has 0 saturated heterocycles. The van der Waals surface area contributed by atoms with E-state index in [0.717, 1.165) is 34.3 Å². The first-order valence-corrected chi connectivity index (χ1v) is 7.76. The molecule has 0 saturated carbocycles. The summed E-state index contributed by atoms with van der Waals surface area (Å²) in [4.78, 5) is 4.35. The third-order valence-corrected chi connectivity index (χ3v) is 4.00. The van der Waals surface area contributed by atoms with Gasteiger partial charge >= 0.3 is 0 Å². The van der Waals surface area contributed by atoms with Crippen LogP contribution in [0, 0.1) is 0 Å². The number of nitrogens with two attached hydrogens (primary N) is 1. The van der Waals surface area contributed by atoms with Crippen LogP contribution >= 0.6 is 0 Å². The predicted molar refractivity (Wildman–Crippen MR) is 97.5 cm³/mol. The summed E-state index contributed by atoms with van der Waals surface area (Å²) in [6.45, 7) is 0.764. The van der Waals surface area contributed by atoms with Gasteiger partial charge in [-0.3, -0.25) is 10.1 Å². The number of nitrogens with zero attached hydrogens (tertiary/aromatic N) is 2. The Kier molecular flexibility index (Phi) is 3.59. The van der Waals surface area contributed by atoms with Gasteiger partial charge in [-0.15, -0.1) is 0 Å². The van der Waals surface area contributed by atoms with E-state index < -0.39 is 0 Å². The summed E-state index contributed by atoms with van der Waals surface area (Å²) in [5.41, 5.74) is 11.1. The number of nitrogens with one attached hydrogen (secondary N) is 2. The number of anilines is 2. The second-order valence-corrected chi connectivity index (χ2v) is 5.67. The second-order valence-electron chi connectivity index (χ2n) is 5.67. The quantitative estimate of drug-likeness (QED) is 0.535. The molecule has 0 fully saturated rings. The Labute approximate surface area is 139 Å². The lowest BCUT2D eigenvalue weighted by molar-refractivity contribution is 1.13. The van der Waals surface area contributed by atoms with Crippen molar-refractivity contribution in [1.82, 2.24) is 15.2 Å². The highest BCUT2D eigenvalue weighted by atomic mass is 15.1. The van der Waals surface area contributed by atoms with Gasteiger partial charge in [-0.25, -0.2) is 0 Å². The maximum absolute atomic E-state index is 5.89. The number of fused-ring (bicyclic) bond motifs is 1. The van der Waals surface area contributed by atoms with Gasteiger partial charge in [0, 0.05) is 29.9 Å². The number of hydrogen-bond acceptors (Lipinski definition) is 4. The van der Waals surface area contributed by atoms with E-state index in [4.69, 9.17) is 5.73 Å². The van der Waals surface area contributed by atoms with Gasteiger partial charge in [0.1, 0.15) is 0 Å². The fourth-order valence-corrected chi connectivity index (χ4v) is 2.71. The molecular weight excluding hydrogens is 298 g/mol. The zero-order valence-electron chi connectivity index (χ0n) is 13.0. The zero-order valence-corrected chi connectivity index (χ0v) is 13.0. The van der Waals surface area contributed by atoms with Crippen LogP contribution in [0.15, 0.2) is 67.0 Å². The van der Waals surface area contributed by atoms with Gasteiger partial charge < -0.3 is 11.1 Å². The van der Waals surface area contributed by atoms with Gasteiger partial charge in [0.2, 0.25) is 0 Å². The molecule has 4 rings (SSSR count). The monoisotopic (exact) mass is 315 g/mol. The number of benzene rings is 2. The summed E-state index contributed by atoms with van der Waals surface area (Å²) in [5, 5.41) is 11.3. The minimum atomic E-state index is 0.512. The number of pyridine rings is 1. The van der Waals surface area contributed by atoms with Crippen molar-refractivity contribution in [2.24, 2.45) is 0 Å². The van der Waals surface area contributed by atoms with Crippen molar-refractivity contribution in [1.29, 1.82) is 0 Å². The molecule has 2 heterocycles. The van der Waals surface area contributed by atoms with Gasteiger partial charge in [0.15, 0.2) is 5.82 Å². The standard InChI is InChI=1S/C19H17N5/c20-19-17-9-14(6-7-18(17)23-24-19)15-8-16(12-21-11-15)22-10-13-4-2-1-3-5-13/h1-9,11-12,22H,10H2,(H3,20,23,24). The first kappa shape index (κ1) is 14.3. The van der Waals surface area contributed by atoms with E-state index in [1.54, 1.807) is 0 Å². The van der Waals surface area contributed by atoms with Gasteiger partial charge in [-0.05, 0) is 29.3 Å². The molecule has 0 aliphatic rings. The molecule has 0 aliphatic carbocycles. The topological polar surface area (TPSA) is 79.6 Å². The maximum Gasteiger partial charge on any atom is 0.153 e. The molecule has 0 spiro atoms. The molecule has 0 unspecified atom stereocenters. The first-order valence-electron chi connectivity index (χ1n) is 7.76. The summed E-state index contributed by atoms with van der Waals surface area (Å²) < 4.78 is 0. The van der Waals surface area contributed by atoms with Crippen molar-refractivity contribution in [3.63, 3.8) is 0 Å². The van der Waals surface area contributed by atoms with Crippen LogP contribution < -0.4 is 11.1 Å². The zero-order chi connectivity index (χ0) is 16.4. The summed E-state index contributed by atoms with van der Waals surface area (Å²) in [6.07, 6.45) is 3.68. The van der Waals surface area contributed by atoms with E-state index in [-0.39, 0.29) is 0 Å². The summed E-state index contributed by atoms with van der Waals surface area (Å²) in [7, 11) is 0. The Balaban J connectivity index is 1.60. The van der Waals surface area contributed by atoms with Crippen molar-refractivity contribution >= 4 is 22.4 Å². The first-order chi connectivity index (χ1) is 11.8. The number of hydrogen-bond donors (Lipinski definition) is 3. The molecule has 0 radical (unpaired) electrons. The molecule has 0 aliphatic heterocycles. The average molecular weight is 315 g/mol. The van der Waals surface area contributed by atoms with Crippen LogP contribution in [0.2, 0.25) is 0 Å². The molecule has 2 aromatic carbocycles. The molecule has 4 N–H and O–H groups in total. The average Bonchev–Trinajstić information content (AvgIpc) is 3.02. The van der Waals surface area contributed by atoms with Crippen LogP contribution in [0.4, 0.5) is 11.5 Å². The van der Waals surface area contributed by atoms with Gasteiger partial charge in [-0.1, -0.05) is 36.4 Å². The van der Waals surface area contributed by atoms with Crippen molar-refractivity contribution in [3.05, 3.63) is 72.6 Å². The normalized spacial score (nSPS) is 10.8. The fraction of sp³-hybridized carbons (Fsp3) is 0.0526. The molecular formula is C19H17N5. The highest BCUT2D eigenvalue weighted by molar-refractivity contribution is 5.92. The summed E-state index contributed by atoms with van der Waals surface area (Å²) >= 11 is 0. The number of rotatable bonds is 4. The maximum atomic E-state index is 5.89. The van der Waals surface area contributed by atoms with Crippen molar-refractivity contribution in [2.45, 2.75) is 6.54 Å². The number of aromatic nitrogens is 3.